The van der Waals surface area contributed by atoms with E-state index in [0.29, 0.717) is 42.7 Å². The summed E-state index contributed by atoms with van der Waals surface area (Å²) in [5.74, 6) is -5.04. The fourth-order valence-corrected chi connectivity index (χ4v) is 7.16. The van der Waals surface area contributed by atoms with E-state index in [4.69, 9.17) is 16.2 Å². The fourth-order valence-electron chi connectivity index (χ4n) is 7.16. The van der Waals surface area contributed by atoms with Gasteiger partial charge in [0.15, 0.2) is 6.61 Å². The lowest BCUT2D eigenvalue weighted by Gasteiger charge is -2.33. The lowest BCUT2D eigenvalue weighted by molar-refractivity contribution is -0.135. The Bertz CT molecular complexity index is 1810. The second-order valence-corrected chi connectivity index (χ2v) is 15.7. The van der Waals surface area contributed by atoms with Crippen LogP contribution in [0.5, 0.6) is 11.5 Å². The molecule has 1 saturated heterocycles. The number of fused-ring (bicyclic) bond motifs is 13. The van der Waals surface area contributed by atoms with E-state index in [-0.39, 0.29) is 37.0 Å². The van der Waals surface area contributed by atoms with Crippen LogP contribution in [0, 0.1) is 11.8 Å². The van der Waals surface area contributed by atoms with Crippen molar-refractivity contribution in [1.29, 1.82) is 0 Å². The number of nitrogens with zero attached hydrogens (tertiary/aromatic N) is 1. The summed E-state index contributed by atoms with van der Waals surface area (Å²) in [6.45, 7) is 7.10. The van der Waals surface area contributed by atoms with Gasteiger partial charge in [0.25, 0.3) is 5.91 Å². The number of hydrogen-bond acceptors (Lipinski definition) is 11. The van der Waals surface area contributed by atoms with Crippen molar-refractivity contribution < 1.29 is 48.5 Å². The molecule has 11 N–H and O–H groups in total. The molecule has 2 bridgehead atoms. The maximum atomic E-state index is 13.9. The number of amides is 7. The molecule has 3 aliphatic rings. The Hall–Kier alpha value is -5.75. The third-order valence-corrected chi connectivity index (χ3v) is 10.8. The van der Waals surface area contributed by atoms with Crippen LogP contribution < -0.4 is 42.8 Å². The van der Waals surface area contributed by atoms with E-state index >= 15 is 0 Å². The molecule has 8 atom stereocenters. The number of carbonyl (C=O) groups excluding carboxylic acids is 7. The Morgan fingerprint density at radius 2 is 1.56 bits per heavy atom. The van der Waals surface area contributed by atoms with E-state index in [9.17, 15) is 43.8 Å². The first-order valence-electron chi connectivity index (χ1n) is 20.0. The number of ether oxygens (including phenoxy) is 1. The summed E-state index contributed by atoms with van der Waals surface area (Å²) in [4.78, 5) is 93.9. The molecule has 2 aromatic rings. The number of carbonyl (C=O) groups is 7. The first-order chi connectivity index (χ1) is 27.9. The van der Waals surface area contributed by atoms with Gasteiger partial charge in [0.1, 0.15) is 35.7 Å². The molecule has 0 unspecified atom stereocenters. The van der Waals surface area contributed by atoms with Crippen LogP contribution in [0.1, 0.15) is 64.5 Å². The molecule has 0 aromatic heterocycles. The molecule has 18 heteroatoms. The molecule has 7 amide bonds. The molecule has 59 heavy (non-hydrogen) atoms. The number of likely N-dealkylation sites (tertiary alicyclic amines) is 1. The van der Waals surface area contributed by atoms with Gasteiger partial charge in [-0.2, -0.15) is 0 Å². The molecule has 0 radical (unpaired) electrons. The number of nitrogens with one attached hydrogen (secondary N) is 5. The van der Waals surface area contributed by atoms with Crippen molar-refractivity contribution >= 4 is 41.4 Å². The molecule has 322 valence electrons. The molecule has 0 aliphatic carbocycles. The molecule has 0 saturated carbocycles. The van der Waals surface area contributed by atoms with Gasteiger partial charge in [0.2, 0.25) is 35.4 Å². The van der Waals surface area contributed by atoms with Gasteiger partial charge >= 0.3 is 0 Å². The third kappa shape index (κ3) is 13.4. The van der Waals surface area contributed by atoms with Crippen molar-refractivity contribution in [2.45, 2.75) is 109 Å². The molecule has 5 rings (SSSR count). The highest BCUT2D eigenvalue weighted by atomic mass is 16.5. The lowest BCUT2D eigenvalue weighted by atomic mass is 9.96. The minimum atomic E-state index is -1.50. The van der Waals surface area contributed by atoms with Crippen LogP contribution in [-0.4, -0.2) is 119 Å². The maximum Gasteiger partial charge on any atom is 0.258 e. The zero-order chi connectivity index (χ0) is 43.4. The van der Waals surface area contributed by atoms with Gasteiger partial charge < -0.3 is 53.0 Å². The summed E-state index contributed by atoms with van der Waals surface area (Å²) in [6, 6.07) is 6.24. The van der Waals surface area contributed by atoms with E-state index < -0.39 is 96.7 Å². The fraction of sp³-hybridized carbons (Fsp3) is 0.537. The Morgan fingerprint density at radius 3 is 2.17 bits per heavy atom. The van der Waals surface area contributed by atoms with Crippen LogP contribution in [0.15, 0.2) is 48.5 Å². The number of aromatic hydroxyl groups is 1. The SMILES string of the molecule is CC[C@H](C)[C@H](NC(=O)[C@@H]1CCCN1C[C@H](O)[C@@H]1Cc2ccc(cc2)OCC(=O)N[C@@H](Cc2ccc(O)cc2)C(=O)N[C@@H](CC(N)=O)C(=O)N1)C(=O)N[C@H](C(N)=O)C(C)C. The van der Waals surface area contributed by atoms with Gasteiger partial charge in [-0.05, 0) is 73.0 Å². The van der Waals surface area contributed by atoms with Crippen LogP contribution in [0.25, 0.3) is 0 Å². The highest BCUT2D eigenvalue weighted by molar-refractivity contribution is 5.95. The quantitative estimate of drug-likeness (QED) is 0.0971. The van der Waals surface area contributed by atoms with Crippen molar-refractivity contribution in [3.8, 4) is 11.5 Å². The molecule has 18 nitrogen and oxygen atoms in total. The van der Waals surface area contributed by atoms with E-state index in [1.54, 1.807) is 55.1 Å². The molecule has 1 fully saturated rings. The average molecular weight is 823 g/mol. The topological polar surface area (TPSA) is 285 Å². The number of phenols is 1. The van der Waals surface area contributed by atoms with Crippen molar-refractivity contribution in [3.63, 3.8) is 0 Å². The second-order valence-electron chi connectivity index (χ2n) is 15.7. The van der Waals surface area contributed by atoms with Crippen LogP contribution in [0.4, 0.5) is 0 Å². The first kappa shape index (κ1) is 45.9. The second kappa shape index (κ2) is 21.3. The summed E-state index contributed by atoms with van der Waals surface area (Å²) >= 11 is 0. The molecular formula is C41H58N8O10. The lowest BCUT2D eigenvalue weighted by Crippen LogP contribution is -2.60. The number of aliphatic hydroxyl groups excluding tert-OH is 1. The standard InChI is InChI=1S/C41H58N8O10/c1-5-23(4)36(41(58)47-35(22(2)3)37(43)54)48-40(57)31-7-6-16-49(31)20-32(51)28-17-25-10-14-27(15-11-25)59-21-34(53)44-29(18-24-8-12-26(50)13-9-24)38(55)46-30(19-33(42)52)39(56)45-28/h8-15,22-23,28-32,35-36,50-51H,5-7,16-21H2,1-4H3,(H2,42,52)(H2,43,54)(H,44,53)(H,45,56)(H,46,55)(H,47,58)(H,48,57)/t23-,28-,29-,30-,31-,32-,35-,36-/m0/s1. The van der Waals surface area contributed by atoms with Crippen molar-refractivity contribution in [2.75, 3.05) is 19.7 Å². The van der Waals surface area contributed by atoms with Gasteiger partial charge in [-0.3, -0.25) is 38.5 Å². The van der Waals surface area contributed by atoms with Gasteiger partial charge in [0, 0.05) is 13.0 Å². The number of aliphatic hydroxyl groups is 1. The van der Waals surface area contributed by atoms with Gasteiger partial charge in [-0.15, -0.1) is 0 Å². The highest BCUT2D eigenvalue weighted by Gasteiger charge is 2.38. The number of rotatable bonds is 15. The Kier molecular flexibility index (Phi) is 16.6. The van der Waals surface area contributed by atoms with E-state index in [0.717, 1.165) is 0 Å². The molecule has 2 aromatic carbocycles. The van der Waals surface area contributed by atoms with Gasteiger partial charge in [-0.1, -0.05) is 58.4 Å². The monoisotopic (exact) mass is 822 g/mol. The summed E-state index contributed by atoms with van der Waals surface area (Å²) in [5, 5.41) is 35.0. The predicted octanol–water partition coefficient (Wildman–Crippen LogP) is -1.12. The van der Waals surface area contributed by atoms with Gasteiger partial charge in [0.05, 0.1) is 24.6 Å². The summed E-state index contributed by atoms with van der Waals surface area (Å²) < 4.78 is 5.67. The normalized spacial score (nSPS) is 22.5. The van der Waals surface area contributed by atoms with Crippen LogP contribution >= 0.6 is 0 Å². The number of benzene rings is 2. The molecule has 3 heterocycles. The molecule has 3 aliphatic heterocycles. The van der Waals surface area contributed by atoms with Gasteiger partial charge in [-0.25, -0.2) is 0 Å². The number of primary amides is 2. The summed E-state index contributed by atoms with van der Waals surface area (Å²) in [7, 11) is 0. The third-order valence-electron chi connectivity index (χ3n) is 10.8. The van der Waals surface area contributed by atoms with Crippen LogP contribution in [-0.2, 0) is 46.4 Å². The number of phenolic OH excluding ortho intramolecular Hbond substituents is 1. The van der Waals surface area contributed by atoms with Crippen molar-refractivity contribution in [2.24, 2.45) is 23.3 Å². The zero-order valence-corrected chi connectivity index (χ0v) is 33.9. The predicted molar refractivity (Wildman–Crippen MR) is 215 cm³/mol. The Balaban J connectivity index is 1.57. The van der Waals surface area contributed by atoms with E-state index in [1.807, 2.05) is 13.8 Å². The number of hydrogen-bond donors (Lipinski definition) is 9. The summed E-state index contributed by atoms with van der Waals surface area (Å²) in [5.41, 5.74) is 12.3. The minimum Gasteiger partial charge on any atom is -0.508 e. The van der Waals surface area contributed by atoms with Crippen LogP contribution in [0.2, 0.25) is 0 Å². The Morgan fingerprint density at radius 1 is 0.898 bits per heavy atom. The van der Waals surface area contributed by atoms with E-state index in [2.05, 4.69) is 26.6 Å². The molecular weight excluding hydrogens is 764 g/mol. The maximum absolute atomic E-state index is 13.9. The first-order valence-corrected chi connectivity index (χ1v) is 20.0. The van der Waals surface area contributed by atoms with Crippen molar-refractivity contribution in [1.82, 2.24) is 31.5 Å². The Labute approximate surface area is 343 Å². The largest absolute Gasteiger partial charge is 0.508 e. The van der Waals surface area contributed by atoms with Crippen LogP contribution in [0.3, 0.4) is 0 Å². The number of nitrogens with two attached hydrogens (primary N) is 2. The highest BCUT2D eigenvalue weighted by Crippen LogP contribution is 2.22. The van der Waals surface area contributed by atoms with Crippen molar-refractivity contribution in [3.05, 3.63) is 59.7 Å². The average Bonchev–Trinajstić information content (AvgIpc) is 3.65. The zero-order valence-electron chi connectivity index (χ0n) is 33.9. The van der Waals surface area contributed by atoms with E-state index in [1.165, 1.54) is 12.1 Å². The smallest absolute Gasteiger partial charge is 0.258 e. The minimum absolute atomic E-state index is 0.00379. The number of β-amino-alcohol motifs (C(OH)–C–C–N with tert-alkyl or cyclic N) is 1. The molecule has 0 spiro atoms. The summed E-state index contributed by atoms with van der Waals surface area (Å²) in [6.07, 6.45) is -0.275.